The normalized spacial score (nSPS) is 21.9. The summed E-state index contributed by atoms with van der Waals surface area (Å²) in [4.78, 5) is 23.2. The Morgan fingerprint density at radius 1 is 1.00 bits per heavy atom. The van der Waals surface area contributed by atoms with E-state index in [0.717, 1.165) is 67.1 Å². The second-order valence-electron chi connectivity index (χ2n) is 11.3. The predicted octanol–water partition coefficient (Wildman–Crippen LogP) is 5.51. The third-order valence-corrected chi connectivity index (χ3v) is 7.71. The summed E-state index contributed by atoms with van der Waals surface area (Å²) in [5.74, 6) is 2.38. The van der Waals surface area contributed by atoms with Gasteiger partial charge in [0.1, 0.15) is 11.6 Å². The number of hydrogen-bond donors (Lipinski definition) is 1. The van der Waals surface area contributed by atoms with Crippen LogP contribution in [0.25, 0.3) is 10.9 Å². The van der Waals surface area contributed by atoms with Crippen LogP contribution in [0, 0.1) is 11.3 Å². The number of anilines is 2. The summed E-state index contributed by atoms with van der Waals surface area (Å²) in [7, 11) is 1.69. The second kappa shape index (κ2) is 10.00. The molecule has 6 heteroatoms. The van der Waals surface area contributed by atoms with E-state index in [2.05, 4.69) is 48.0 Å². The van der Waals surface area contributed by atoms with E-state index >= 15 is 0 Å². The number of carbonyl (C=O) groups is 1. The van der Waals surface area contributed by atoms with E-state index in [0.29, 0.717) is 5.92 Å². The maximum atomic E-state index is 13.6. The summed E-state index contributed by atoms with van der Waals surface area (Å²) in [6.07, 6.45) is 3.27. The molecule has 1 saturated heterocycles. The summed E-state index contributed by atoms with van der Waals surface area (Å²) in [6, 6.07) is 18.4. The zero-order valence-corrected chi connectivity index (χ0v) is 22.0. The second-order valence-corrected chi connectivity index (χ2v) is 11.3. The monoisotopic (exact) mass is 486 g/mol. The third kappa shape index (κ3) is 5.28. The largest absolute Gasteiger partial charge is 0.497 e. The van der Waals surface area contributed by atoms with Gasteiger partial charge in [-0.1, -0.05) is 39.0 Å². The van der Waals surface area contributed by atoms with Crippen LogP contribution in [-0.4, -0.2) is 50.2 Å². The number of para-hydroxylation sites is 1. The maximum absolute atomic E-state index is 13.6. The van der Waals surface area contributed by atoms with Crippen molar-refractivity contribution in [1.82, 2.24) is 10.3 Å². The average Bonchev–Trinajstić information content (AvgIpc) is 2.87. The van der Waals surface area contributed by atoms with Crippen LogP contribution in [0.1, 0.15) is 50.4 Å². The number of methoxy groups -OCH3 is 1. The fourth-order valence-electron chi connectivity index (χ4n) is 6.22. The SMILES string of the molecule is COc1ccc(N2CCN(c3cc(C(=O)N[C@H]4C[C@H](C)CC(C)(C)C4)c4ccccc4n3)CC2)cc1. The number of fused-ring (bicyclic) bond motifs is 1. The van der Waals surface area contributed by atoms with E-state index in [1.165, 1.54) is 12.1 Å². The molecule has 2 aromatic carbocycles. The highest BCUT2D eigenvalue weighted by Crippen LogP contribution is 2.38. The van der Waals surface area contributed by atoms with Gasteiger partial charge in [0.25, 0.3) is 5.91 Å². The average molecular weight is 487 g/mol. The fourth-order valence-corrected chi connectivity index (χ4v) is 6.22. The van der Waals surface area contributed by atoms with E-state index in [1.807, 2.05) is 42.5 Å². The van der Waals surface area contributed by atoms with Gasteiger partial charge in [-0.25, -0.2) is 4.98 Å². The van der Waals surface area contributed by atoms with Gasteiger partial charge in [-0.3, -0.25) is 4.79 Å². The Hall–Kier alpha value is -3.28. The molecule has 2 fully saturated rings. The lowest BCUT2D eigenvalue weighted by Gasteiger charge is -2.39. The first-order valence-corrected chi connectivity index (χ1v) is 13.2. The first-order chi connectivity index (χ1) is 17.3. The van der Waals surface area contributed by atoms with Gasteiger partial charge in [0.2, 0.25) is 0 Å². The molecule has 2 aliphatic rings. The highest BCUT2D eigenvalue weighted by molar-refractivity contribution is 6.07. The van der Waals surface area contributed by atoms with E-state index < -0.39 is 0 Å². The molecule has 1 aromatic heterocycles. The minimum Gasteiger partial charge on any atom is -0.497 e. The fraction of sp³-hybridized carbons (Fsp3) is 0.467. The van der Waals surface area contributed by atoms with Crippen molar-refractivity contribution in [3.8, 4) is 5.75 Å². The summed E-state index contributed by atoms with van der Waals surface area (Å²) < 4.78 is 5.29. The Kier molecular flexibility index (Phi) is 6.78. The maximum Gasteiger partial charge on any atom is 0.252 e. The van der Waals surface area contributed by atoms with Crippen LogP contribution in [0.2, 0.25) is 0 Å². The number of pyridine rings is 1. The number of piperazine rings is 1. The van der Waals surface area contributed by atoms with Gasteiger partial charge in [0.15, 0.2) is 0 Å². The number of rotatable bonds is 5. The molecule has 1 N–H and O–H groups in total. The molecular weight excluding hydrogens is 448 g/mol. The molecule has 1 aliphatic carbocycles. The van der Waals surface area contributed by atoms with Gasteiger partial charge in [-0.05, 0) is 67.0 Å². The highest BCUT2D eigenvalue weighted by atomic mass is 16.5. The van der Waals surface area contributed by atoms with Crippen LogP contribution in [0.3, 0.4) is 0 Å². The van der Waals surface area contributed by atoms with Gasteiger partial charge in [-0.2, -0.15) is 0 Å². The minimum absolute atomic E-state index is 0.0154. The molecule has 1 aliphatic heterocycles. The Labute approximate surface area is 214 Å². The molecule has 0 bridgehead atoms. The minimum atomic E-state index is 0.0154. The van der Waals surface area contributed by atoms with Crippen LogP contribution in [0.4, 0.5) is 11.5 Å². The first-order valence-electron chi connectivity index (χ1n) is 13.2. The van der Waals surface area contributed by atoms with Gasteiger partial charge in [-0.15, -0.1) is 0 Å². The molecular formula is C30H38N4O2. The van der Waals surface area contributed by atoms with E-state index in [-0.39, 0.29) is 17.4 Å². The molecule has 36 heavy (non-hydrogen) atoms. The molecule has 2 atom stereocenters. The number of hydrogen-bond acceptors (Lipinski definition) is 5. The number of carbonyl (C=O) groups excluding carboxylic acids is 1. The van der Waals surface area contributed by atoms with Gasteiger partial charge >= 0.3 is 0 Å². The lowest BCUT2D eigenvalue weighted by atomic mass is 9.70. The van der Waals surface area contributed by atoms with Crippen molar-refractivity contribution in [2.24, 2.45) is 11.3 Å². The molecule has 2 heterocycles. The van der Waals surface area contributed by atoms with Crippen LogP contribution in [-0.2, 0) is 0 Å². The summed E-state index contributed by atoms with van der Waals surface area (Å²) in [5, 5.41) is 4.29. The third-order valence-electron chi connectivity index (χ3n) is 7.71. The van der Waals surface area contributed by atoms with Crippen molar-refractivity contribution in [3.05, 3.63) is 60.2 Å². The number of benzene rings is 2. The van der Waals surface area contributed by atoms with Crippen LogP contribution < -0.4 is 19.9 Å². The lowest BCUT2D eigenvalue weighted by molar-refractivity contribution is 0.0876. The smallest absolute Gasteiger partial charge is 0.252 e. The number of amides is 1. The number of nitrogens with one attached hydrogen (secondary N) is 1. The zero-order valence-electron chi connectivity index (χ0n) is 22.0. The Balaban J connectivity index is 1.34. The Morgan fingerprint density at radius 3 is 2.39 bits per heavy atom. The van der Waals surface area contributed by atoms with Crippen molar-refractivity contribution < 1.29 is 9.53 Å². The van der Waals surface area contributed by atoms with Crippen molar-refractivity contribution in [1.29, 1.82) is 0 Å². The Morgan fingerprint density at radius 2 is 1.69 bits per heavy atom. The van der Waals surface area contributed by atoms with Crippen molar-refractivity contribution in [2.45, 2.75) is 46.1 Å². The van der Waals surface area contributed by atoms with Crippen molar-refractivity contribution >= 4 is 28.3 Å². The predicted molar refractivity (Wildman–Crippen MR) is 147 cm³/mol. The quantitative estimate of drug-likeness (QED) is 0.515. The van der Waals surface area contributed by atoms with Gasteiger partial charge in [0.05, 0.1) is 18.2 Å². The van der Waals surface area contributed by atoms with E-state index in [4.69, 9.17) is 9.72 Å². The summed E-state index contributed by atoms with van der Waals surface area (Å²) in [6.45, 7) is 10.4. The first kappa shape index (κ1) is 24.4. The topological polar surface area (TPSA) is 57.7 Å². The van der Waals surface area contributed by atoms with Crippen LogP contribution in [0.15, 0.2) is 54.6 Å². The standard InChI is InChI=1S/C30H38N4O2/c1-21-17-22(20-30(2,3)19-21)31-29(35)26-18-28(32-27-8-6-5-7-25(26)27)34-15-13-33(14-16-34)23-9-11-24(36-4)12-10-23/h5-12,18,21-22H,13-17,19-20H2,1-4H3,(H,31,35)/t21-,22-/m0/s1. The molecule has 3 aromatic rings. The van der Waals surface area contributed by atoms with Gasteiger partial charge in [0, 0.05) is 43.3 Å². The van der Waals surface area contributed by atoms with Crippen molar-refractivity contribution in [2.75, 3.05) is 43.1 Å². The summed E-state index contributed by atoms with van der Waals surface area (Å²) in [5.41, 5.74) is 3.05. The lowest BCUT2D eigenvalue weighted by Crippen LogP contribution is -2.47. The van der Waals surface area contributed by atoms with Crippen LogP contribution >= 0.6 is 0 Å². The molecule has 5 rings (SSSR count). The molecule has 1 amide bonds. The van der Waals surface area contributed by atoms with Crippen LogP contribution in [0.5, 0.6) is 5.75 Å². The van der Waals surface area contributed by atoms with Gasteiger partial charge < -0.3 is 19.9 Å². The van der Waals surface area contributed by atoms with E-state index in [9.17, 15) is 4.79 Å². The number of nitrogens with zero attached hydrogens (tertiary/aromatic N) is 3. The Bertz CT molecular complexity index is 1220. The molecule has 190 valence electrons. The molecule has 0 radical (unpaired) electrons. The number of aromatic nitrogens is 1. The molecule has 0 unspecified atom stereocenters. The molecule has 0 spiro atoms. The zero-order chi connectivity index (χ0) is 25.3. The molecule has 1 saturated carbocycles. The van der Waals surface area contributed by atoms with Crippen molar-refractivity contribution in [3.63, 3.8) is 0 Å². The number of ether oxygens (including phenoxy) is 1. The highest BCUT2D eigenvalue weighted by Gasteiger charge is 2.33. The molecule has 6 nitrogen and oxygen atoms in total. The van der Waals surface area contributed by atoms with E-state index in [1.54, 1.807) is 7.11 Å². The summed E-state index contributed by atoms with van der Waals surface area (Å²) >= 11 is 0.